The number of ketones is 1. The van der Waals surface area contributed by atoms with Crippen molar-refractivity contribution in [3.05, 3.63) is 70.8 Å². The molecule has 0 radical (unpaired) electrons. The van der Waals surface area contributed by atoms with E-state index in [1.54, 1.807) is 0 Å². The van der Waals surface area contributed by atoms with Gasteiger partial charge < -0.3 is 10.1 Å². The van der Waals surface area contributed by atoms with E-state index in [2.05, 4.69) is 5.32 Å². The van der Waals surface area contributed by atoms with Gasteiger partial charge >= 0.3 is 12.4 Å². The van der Waals surface area contributed by atoms with E-state index in [9.17, 15) is 31.1 Å². The van der Waals surface area contributed by atoms with Crippen LogP contribution in [-0.2, 0) is 27.4 Å². The molecule has 0 spiro atoms. The van der Waals surface area contributed by atoms with E-state index in [0.29, 0.717) is 31.5 Å². The van der Waals surface area contributed by atoms with Crippen molar-refractivity contribution < 1.29 is 35.9 Å². The third kappa shape index (κ3) is 5.95. The van der Waals surface area contributed by atoms with Crippen molar-refractivity contribution >= 4 is 5.78 Å². The molecule has 2 aromatic rings. The van der Waals surface area contributed by atoms with Gasteiger partial charge in [-0.3, -0.25) is 4.79 Å². The number of hydrogen-bond donors (Lipinski definition) is 1. The van der Waals surface area contributed by atoms with Gasteiger partial charge in [-0.2, -0.15) is 26.3 Å². The normalized spacial score (nSPS) is 22.7. The monoisotopic (exact) mass is 473 g/mol. The molecule has 0 amide bonds. The van der Waals surface area contributed by atoms with Gasteiger partial charge in [0.1, 0.15) is 5.78 Å². The Bertz CT molecular complexity index is 931. The summed E-state index contributed by atoms with van der Waals surface area (Å²) in [7, 11) is 0. The van der Waals surface area contributed by atoms with Crippen LogP contribution in [0.2, 0.25) is 0 Å². The number of nitrogens with one attached hydrogen (secondary N) is 1. The van der Waals surface area contributed by atoms with Crippen LogP contribution >= 0.6 is 0 Å². The van der Waals surface area contributed by atoms with Crippen molar-refractivity contribution in [2.75, 3.05) is 13.2 Å². The Morgan fingerprint density at radius 2 is 1.64 bits per heavy atom. The van der Waals surface area contributed by atoms with Gasteiger partial charge in [-0.05, 0) is 56.0 Å². The zero-order valence-electron chi connectivity index (χ0n) is 18.2. The Labute approximate surface area is 188 Å². The fraction of sp³-hybridized carbons (Fsp3) is 0.458. The zero-order valence-corrected chi connectivity index (χ0v) is 18.2. The summed E-state index contributed by atoms with van der Waals surface area (Å²) in [5.41, 5.74) is -2.80. The molecular weight excluding hydrogens is 448 g/mol. The summed E-state index contributed by atoms with van der Waals surface area (Å²) < 4.78 is 85.2. The van der Waals surface area contributed by atoms with Crippen LogP contribution < -0.4 is 5.32 Å². The number of Topliss-reactive ketones (excluding diaryl/α,β-unsaturated/α-hetero) is 1. The van der Waals surface area contributed by atoms with Gasteiger partial charge in [0.05, 0.1) is 29.4 Å². The topological polar surface area (TPSA) is 38.3 Å². The highest BCUT2D eigenvalue weighted by molar-refractivity contribution is 5.78. The minimum Gasteiger partial charge on any atom is -0.372 e. The molecule has 180 valence electrons. The predicted octanol–water partition coefficient (Wildman–Crippen LogP) is 6.29. The van der Waals surface area contributed by atoms with E-state index < -0.39 is 35.1 Å². The van der Waals surface area contributed by atoms with Gasteiger partial charge in [0.25, 0.3) is 0 Å². The molecule has 1 aliphatic heterocycles. The molecule has 3 nitrogen and oxygen atoms in total. The average molecular weight is 473 g/mol. The molecule has 2 unspecified atom stereocenters. The van der Waals surface area contributed by atoms with E-state index in [-0.39, 0.29) is 29.9 Å². The first-order valence-corrected chi connectivity index (χ1v) is 10.5. The Morgan fingerprint density at radius 3 is 2.09 bits per heavy atom. The second kappa shape index (κ2) is 9.46. The van der Waals surface area contributed by atoms with E-state index in [1.165, 1.54) is 13.8 Å². The van der Waals surface area contributed by atoms with Crippen molar-refractivity contribution in [2.24, 2.45) is 5.92 Å². The number of alkyl halides is 6. The molecule has 33 heavy (non-hydrogen) atoms. The van der Waals surface area contributed by atoms with E-state index in [4.69, 9.17) is 4.74 Å². The summed E-state index contributed by atoms with van der Waals surface area (Å²) in [6, 6.07) is 10.7. The second-order valence-electron chi connectivity index (χ2n) is 8.47. The quantitative estimate of drug-likeness (QED) is 0.502. The number of piperidine rings is 1. The minimum atomic E-state index is -4.92. The number of carbonyl (C=O) groups excluding carboxylic acids is 1. The number of benzene rings is 2. The van der Waals surface area contributed by atoms with Crippen molar-refractivity contribution in [3.63, 3.8) is 0 Å². The summed E-state index contributed by atoms with van der Waals surface area (Å²) in [6.07, 6.45) is -9.75. The molecule has 2 aromatic carbocycles. The molecule has 1 N–H and O–H groups in total. The standard InChI is InChI=1S/C24H25F6NO2/c1-15(32)17-8-9-22(31-13-17,19-6-4-3-5-7-19)14-33-16(2)18-10-20(23(25,26)27)12-21(11-18)24(28,29)30/h3-7,10-12,16-17,31H,8-9,13-14H2,1-2H3/t16?,17?,22-/m1/s1. The highest BCUT2D eigenvalue weighted by Gasteiger charge is 2.40. The molecule has 1 heterocycles. The molecule has 0 saturated carbocycles. The lowest BCUT2D eigenvalue weighted by Gasteiger charge is -2.41. The van der Waals surface area contributed by atoms with Crippen LogP contribution in [0.4, 0.5) is 26.3 Å². The van der Waals surface area contributed by atoms with Crippen molar-refractivity contribution in [1.29, 1.82) is 0 Å². The predicted molar refractivity (Wildman–Crippen MR) is 110 cm³/mol. The van der Waals surface area contributed by atoms with Crippen LogP contribution in [0.25, 0.3) is 0 Å². The van der Waals surface area contributed by atoms with Gasteiger partial charge in [0.2, 0.25) is 0 Å². The first-order valence-electron chi connectivity index (χ1n) is 10.5. The molecule has 3 atom stereocenters. The average Bonchev–Trinajstić information content (AvgIpc) is 2.76. The molecule has 3 rings (SSSR count). The summed E-state index contributed by atoms with van der Waals surface area (Å²) in [6.45, 7) is 3.37. The SMILES string of the molecule is CC(=O)C1CC[C@@](COC(C)c2cc(C(F)(F)F)cc(C(F)(F)F)c2)(c2ccccc2)NC1. The van der Waals surface area contributed by atoms with Gasteiger partial charge in [0.15, 0.2) is 0 Å². The fourth-order valence-electron chi connectivity index (χ4n) is 4.06. The Hall–Kier alpha value is -2.39. The van der Waals surface area contributed by atoms with Gasteiger partial charge in [-0.1, -0.05) is 30.3 Å². The van der Waals surface area contributed by atoms with Crippen LogP contribution in [0.3, 0.4) is 0 Å². The maximum atomic E-state index is 13.2. The van der Waals surface area contributed by atoms with Crippen molar-refractivity contribution in [1.82, 2.24) is 5.32 Å². The highest BCUT2D eigenvalue weighted by atomic mass is 19.4. The van der Waals surface area contributed by atoms with E-state index in [1.807, 2.05) is 30.3 Å². The van der Waals surface area contributed by atoms with Crippen LogP contribution in [0.1, 0.15) is 55.0 Å². The molecular formula is C24H25F6NO2. The lowest BCUT2D eigenvalue weighted by atomic mass is 9.78. The largest absolute Gasteiger partial charge is 0.416 e. The van der Waals surface area contributed by atoms with Gasteiger partial charge in [0, 0.05) is 12.5 Å². The number of rotatable bonds is 6. The van der Waals surface area contributed by atoms with Crippen molar-refractivity contribution in [3.8, 4) is 0 Å². The summed E-state index contributed by atoms with van der Waals surface area (Å²) in [4.78, 5) is 11.8. The first-order chi connectivity index (χ1) is 15.3. The third-order valence-corrected chi connectivity index (χ3v) is 6.17. The summed E-state index contributed by atoms with van der Waals surface area (Å²) in [5.74, 6) is -0.0980. The Balaban J connectivity index is 1.87. The molecule has 1 aliphatic rings. The molecule has 9 heteroatoms. The molecule has 0 aromatic heterocycles. The van der Waals surface area contributed by atoms with Gasteiger partial charge in [-0.25, -0.2) is 0 Å². The molecule has 0 aliphatic carbocycles. The second-order valence-corrected chi connectivity index (χ2v) is 8.47. The third-order valence-electron chi connectivity index (χ3n) is 6.17. The minimum absolute atomic E-state index is 0.0143. The Kier molecular flexibility index (Phi) is 7.24. The van der Waals surface area contributed by atoms with Crippen LogP contribution in [0.5, 0.6) is 0 Å². The number of halogens is 6. The summed E-state index contributed by atoms with van der Waals surface area (Å²) in [5, 5.41) is 3.35. The van der Waals surface area contributed by atoms with E-state index >= 15 is 0 Å². The van der Waals surface area contributed by atoms with Gasteiger partial charge in [-0.15, -0.1) is 0 Å². The van der Waals surface area contributed by atoms with E-state index in [0.717, 1.165) is 5.56 Å². The van der Waals surface area contributed by atoms with Crippen molar-refractivity contribution in [2.45, 2.75) is 50.7 Å². The van der Waals surface area contributed by atoms with Crippen LogP contribution in [0, 0.1) is 5.92 Å². The molecule has 0 bridgehead atoms. The Morgan fingerprint density at radius 1 is 1.06 bits per heavy atom. The number of hydrogen-bond acceptors (Lipinski definition) is 3. The number of ether oxygens (including phenoxy) is 1. The summed E-state index contributed by atoms with van der Waals surface area (Å²) >= 11 is 0. The number of carbonyl (C=O) groups is 1. The molecule has 1 saturated heterocycles. The van der Waals surface area contributed by atoms with Crippen LogP contribution in [-0.4, -0.2) is 18.9 Å². The smallest absolute Gasteiger partial charge is 0.372 e. The maximum absolute atomic E-state index is 13.2. The highest BCUT2D eigenvalue weighted by Crippen LogP contribution is 2.39. The lowest BCUT2D eigenvalue weighted by Crippen LogP contribution is -2.53. The zero-order chi connectivity index (χ0) is 24.4. The first kappa shape index (κ1) is 25.2. The lowest BCUT2D eigenvalue weighted by molar-refractivity contribution is -0.143. The maximum Gasteiger partial charge on any atom is 0.416 e. The molecule has 1 fully saturated rings. The fourth-order valence-corrected chi connectivity index (χ4v) is 4.06. The van der Waals surface area contributed by atoms with Crippen LogP contribution in [0.15, 0.2) is 48.5 Å².